The minimum Gasteiger partial charge on any atom is -0.462 e. The van der Waals surface area contributed by atoms with Crippen molar-refractivity contribution < 1.29 is 14.3 Å². The average molecular weight is 395 g/mol. The molecule has 0 atom stereocenters. The van der Waals surface area contributed by atoms with Crippen LogP contribution in [0.3, 0.4) is 0 Å². The van der Waals surface area contributed by atoms with Crippen LogP contribution >= 0.6 is 11.8 Å². The van der Waals surface area contributed by atoms with Crippen LogP contribution in [0.25, 0.3) is 16.8 Å². The Labute approximate surface area is 164 Å². The topological polar surface area (TPSA) is 101 Å². The number of hydrogen-bond acceptors (Lipinski definition) is 6. The van der Waals surface area contributed by atoms with E-state index in [1.165, 1.54) is 11.8 Å². The molecule has 2 aromatic heterocycles. The number of para-hydroxylation sites is 2. The fourth-order valence-electron chi connectivity index (χ4n) is 2.77. The van der Waals surface area contributed by atoms with E-state index in [1.54, 1.807) is 31.2 Å². The van der Waals surface area contributed by atoms with Crippen molar-refractivity contribution >= 4 is 46.1 Å². The van der Waals surface area contributed by atoms with Gasteiger partial charge in [0.2, 0.25) is 11.7 Å². The van der Waals surface area contributed by atoms with Crippen LogP contribution < -0.4 is 5.32 Å². The molecule has 0 aliphatic rings. The summed E-state index contributed by atoms with van der Waals surface area (Å²) in [7, 11) is 0. The number of aromatic amines is 1. The predicted molar refractivity (Wildman–Crippen MR) is 107 cm³/mol. The number of esters is 1. The standard InChI is InChI=1S/C19H17N5O3S/c1-2-27-17(26)12-7-9-13(10-8-12)20-16(25)11-28-19-23-22-18-21-14-5-3-4-6-15(14)24(18)19/h3-10H,2,11H2,1H3,(H,20,25)(H,21,22). The quantitative estimate of drug-likeness (QED) is 0.384. The second kappa shape index (κ2) is 7.73. The van der Waals surface area contributed by atoms with E-state index in [0.29, 0.717) is 28.8 Å². The first kappa shape index (κ1) is 18.1. The molecule has 0 aliphatic heterocycles. The van der Waals surface area contributed by atoms with Crippen molar-refractivity contribution in [1.29, 1.82) is 0 Å². The number of hydrogen-bond donors (Lipinski definition) is 2. The monoisotopic (exact) mass is 395 g/mol. The van der Waals surface area contributed by atoms with E-state index >= 15 is 0 Å². The number of ether oxygens (including phenoxy) is 1. The van der Waals surface area contributed by atoms with Gasteiger partial charge in [-0.15, -0.1) is 5.10 Å². The Morgan fingerprint density at radius 3 is 2.75 bits per heavy atom. The third-order valence-corrected chi connectivity index (χ3v) is 4.95. The van der Waals surface area contributed by atoms with Gasteiger partial charge >= 0.3 is 5.97 Å². The molecule has 2 heterocycles. The summed E-state index contributed by atoms with van der Waals surface area (Å²) >= 11 is 1.31. The van der Waals surface area contributed by atoms with E-state index in [1.807, 2.05) is 28.7 Å². The maximum Gasteiger partial charge on any atom is 0.338 e. The maximum atomic E-state index is 12.3. The van der Waals surface area contributed by atoms with Crippen LogP contribution in [-0.2, 0) is 9.53 Å². The molecule has 8 nitrogen and oxygen atoms in total. The first-order valence-corrected chi connectivity index (χ1v) is 9.65. The van der Waals surface area contributed by atoms with E-state index in [2.05, 4.69) is 20.5 Å². The van der Waals surface area contributed by atoms with Crippen molar-refractivity contribution in [3.8, 4) is 0 Å². The van der Waals surface area contributed by atoms with E-state index < -0.39 is 0 Å². The van der Waals surface area contributed by atoms with Crippen molar-refractivity contribution in [3.05, 3.63) is 54.1 Å². The third kappa shape index (κ3) is 3.56. The number of rotatable bonds is 6. The Kier molecular flexibility index (Phi) is 4.98. The number of nitrogens with one attached hydrogen (secondary N) is 2. The lowest BCUT2D eigenvalue weighted by atomic mass is 10.2. The van der Waals surface area contributed by atoms with Crippen LogP contribution in [0.4, 0.5) is 5.69 Å². The minimum atomic E-state index is -0.383. The Morgan fingerprint density at radius 1 is 1.18 bits per heavy atom. The molecule has 0 radical (unpaired) electrons. The van der Waals surface area contributed by atoms with Gasteiger partial charge < -0.3 is 10.1 Å². The molecule has 0 aliphatic carbocycles. The van der Waals surface area contributed by atoms with E-state index in [0.717, 1.165) is 11.0 Å². The minimum absolute atomic E-state index is 0.172. The molecular formula is C19H17N5O3S. The zero-order valence-electron chi connectivity index (χ0n) is 15.0. The number of imidazole rings is 1. The zero-order chi connectivity index (χ0) is 19.5. The molecule has 0 saturated heterocycles. The van der Waals surface area contributed by atoms with Gasteiger partial charge in [0, 0.05) is 5.69 Å². The highest BCUT2D eigenvalue weighted by atomic mass is 32.2. The molecule has 0 spiro atoms. The summed E-state index contributed by atoms with van der Waals surface area (Å²) in [5, 5.41) is 10.6. The van der Waals surface area contributed by atoms with Gasteiger partial charge in [0.05, 0.1) is 29.0 Å². The Morgan fingerprint density at radius 2 is 1.96 bits per heavy atom. The number of carbonyl (C=O) groups is 2. The van der Waals surface area contributed by atoms with Crippen molar-refractivity contribution in [2.45, 2.75) is 12.1 Å². The van der Waals surface area contributed by atoms with E-state index in [9.17, 15) is 9.59 Å². The summed E-state index contributed by atoms with van der Waals surface area (Å²) in [6, 6.07) is 14.3. The third-order valence-electron chi connectivity index (χ3n) is 4.02. The lowest BCUT2D eigenvalue weighted by Gasteiger charge is -2.06. The van der Waals surface area contributed by atoms with Crippen LogP contribution in [0.1, 0.15) is 17.3 Å². The molecule has 0 bridgehead atoms. The second-order valence-electron chi connectivity index (χ2n) is 5.90. The number of amides is 1. The highest BCUT2D eigenvalue weighted by Gasteiger charge is 2.14. The molecule has 2 aromatic carbocycles. The number of carbonyl (C=O) groups excluding carboxylic acids is 2. The summed E-state index contributed by atoms with van der Waals surface area (Å²) in [4.78, 5) is 28.4. The molecule has 4 aromatic rings. The molecule has 4 rings (SSSR count). The number of nitrogens with zero attached hydrogens (tertiary/aromatic N) is 3. The molecule has 9 heteroatoms. The SMILES string of the molecule is CCOC(=O)c1ccc(NC(=O)CSc2n[nH]c3nc4ccccc4n23)cc1. The smallest absolute Gasteiger partial charge is 0.338 e. The molecule has 2 N–H and O–H groups in total. The molecule has 0 unspecified atom stereocenters. The summed E-state index contributed by atoms with van der Waals surface area (Å²) in [6.45, 7) is 2.07. The molecular weight excluding hydrogens is 378 g/mol. The van der Waals surface area contributed by atoms with Gasteiger partial charge in [0.25, 0.3) is 0 Å². The number of thioether (sulfide) groups is 1. The molecule has 142 valence electrons. The number of anilines is 1. The largest absolute Gasteiger partial charge is 0.462 e. The second-order valence-corrected chi connectivity index (χ2v) is 6.84. The highest BCUT2D eigenvalue weighted by Crippen LogP contribution is 2.23. The number of fused-ring (bicyclic) bond motifs is 3. The van der Waals surface area contributed by atoms with Crippen LogP contribution in [0, 0.1) is 0 Å². The number of benzene rings is 2. The predicted octanol–water partition coefficient (Wildman–Crippen LogP) is 3.12. The first-order valence-electron chi connectivity index (χ1n) is 8.67. The fourth-order valence-corrected chi connectivity index (χ4v) is 3.53. The van der Waals surface area contributed by atoms with Crippen LogP contribution in [0.5, 0.6) is 0 Å². The van der Waals surface area contributed by atoms with Gasteiger partial charge in [-0.2, -0.15) is 0 Å². The van der Waals surface area contributed by atoms with Crippen LogP contribution in [-0.4, -0.2) is 43.8 Å². The Hall–Kier alpha value is -3.33. The summed E-state index contributed by atoms with van der Waals surface area (Å²) < 4.78 is 6.83. The molecule has 0 saturated carbocycles. The number of aromatic nitrogens is 4. The summed E-state index contributed by atoms with van der Waals surface area (Å²) in [5.41, 5.74) is 2.85. The molecule has 28 heavy (non-hydrogen) atoms. The Bertz CT molecular complexity index is 1150. The maximum absolute atomic E-state index is 12.3. The van der Waals surface area contributed by atoms with Crippen molar-refractivity contribution in [2.75, 3.05) is 17.7 Å². The average Bonchev–Trinajstić information content (AvgIpc) is 3.26. The van der Waals surface area contributed by atoms with Gasteiger partial charge in [-0.25, -0.2) is 14.9 Å². The highest BCUT2D eigenvalue weighted by molar-refractivity contribution is 7.99. The van der Waals surface area contributed by atoms with Crippen molar-refractivity contribution in [1.82, 2.24) is 19.6 Å². The van der Waals surface area contributed by atoms with Crippen molar-refractivity contribution in [3.63, 3.8) is 0 Å². The Balaban J connectivity index is 1.41. The van der Waals surface area contributed by atoms with Gasteiger partial charge in [0.15, 0.2) is 5.16 Å². The zero-order valence-corrected chi connectivity index (χ0v) is 15.8. The van der Waals surface area contributed by atoms with Crippen LogP contribution in [0.2, 0.25) is 0 Å². The molecule has 1 amide bonds. The lowest BCUT2D eigenvalue weighted by Crippen LogP contribution is -2.14. The van der Waals surface area contributed by atoms with Gasteiger partial charge in [-0.3, -0.25) is 9.20 Å². The molecule has 0 fully saturated rings. The fraction of sp³-hybridized carbons (Fsp3) is 0.158. The normalized spacial score (nSPS) is 11.0. The van der Waals surface area contributed by atoms with Crippen LogP contribution in [0.15, 0.2) is 53.7 Å². The first-order chi connectivity index (χ1) is 13.7. The van der Waals surface area contributed by atoms with Gasteiger partial charge in [-0.1, -0.05) is 23.9 Å². The summed E-state index contributed by atoms with van der Waals surface area (Å²) in [5.74, 6) is 0.269. The van der Waals surface area contributed by atoms with Gasteiger partial charge in [0.1, 0.15) is 0 Å². The van der Waals surface area contributed by atoms with E-state index in [-0.39, 0.29) is 17.6 Å². The lowest BCUT2D eigenvalue weighted by molar-refractivity contribution is -0.113. The van der Waals surface area contributed by atoms with Gasteiger partial charge in [-0.05, 0) is 43.3 Å². The van der Waals surface area contributed by atoms with Crippen molar-refractivity contribution in [2.24, 2.45) is 0 Å². The summed E-state index contributed by atoms with van der Waals surface area (Å²) in [6.07, 6.45) is 0. The number of H-pyrrole nitrogens is 1. The van der Waals surface area contributed by atoms with E-state index in [4.69, 9.17) is 4.74 Å².